The van der Waals surface area contributed by atoms with E-state index in [2.05, 4.69) is 12.0 Å². The van der Waals surface area contributed by atoms with E-state index in [1.807, 2.05) is 42.2 Å². The van der Waals surface area contributed by atoms with Crippen molar-refractivity contribution in [2.45, 2.75) is 39.5 Å². The molecule has 0 amide bonds. The summed E-state index contributed by atoms with van der Waals surface area (Å²) in [6.07, 6.45) is 4.55. The van der Waals surface area contributed by atoms with Gasteiger partial charge in [0.2, 0.25) is 0 Å². The van der Waals surface area contributed by atoms with Gasteiger partial charge in [-0.3, -0.25) is 4.68 Å². The molecule has 0 aliphatic rings. The van der Waals surface area contributed by atoms with Crippen molar-refractivity contribution >= 4 is 11.6 Å². The number of benzene rings is 1. The third-order valence-electron chi connectivity index (χ3n) is 2.97. The van der Waals surface area contributed by atoms with Gasteiger partial charge in [-0.25, -0.2) is 0 Å². The van der Waals surface area contributed by atoms with Crippen molar-refractivity contribution in [2.24, 2.45) is 5.73 Å². The SMILES string of the molecule is CCn1cc(COc2ccc(Cl)cc2CC(C)N)cn1. The van der Waals surface area contributed by atoms with E-state index in [0.717, 1.165) is 29.8 Å². The minimum atomic E-state index is 0.0682. The quantitative estimate of drug-likeness (QED) is 0.891. The molecule has 0 radical (unpaired) electrons. The zero-order valence-electron chi connectivity index (χ0n) is 11.8. The number of nitrogens with zero attached hydrogens (tertiary/aromatic N) is 2. The Hall–Kier alpha value is -1.52. The fourth-order valence-electron chi connectivity index (χ4n) is 2.01. The summed E-state index contributed by atoms with van der Waals surface area (Å²) < 4.78 is 7.75. The number of aryl methyl sites for hydroxylation is 1. The fourth-order valence-corrected chi connectivity index (χ4v) is 2.20. The minimum absolute atomic E-state index is 0.0682. The minimum Gasteiger partial charge on any atom is -0.489 e. The van der Waals surface area contributed by atoms with Crippen molar-refractivity contribution in [2.75, 3.05) is 0 Å². The first-order valence-electron chi connectivity index (χ1n) is 6.76. The standard InChI is InChI=1S/C15H20ClN3O/c1-3-19-9-12(8-18-19)10-20-15-5-4-14(16)7-13(15)6-11(2)17/h4-5,7-9,11H,3,6,10,17H2,1-2H3. The maximum Gasteiger partial charge on any atom is 0.123 e. The van der Waals surface area contributed by atoms with E-state index in [1.165, 1.54) is 0 Å². The lowest BCUT2D eigenvalue weighted by Crippen LogP contribution is -2.18. The van der Waals surface area contributed by atoms with Crippen LogP contribution in [0, 0.1) is 0 Å². The second-order valence-corrected chi connectivity index (χ2v) is 5.36. The zero-order valence-corrected chi connectivity index (χ0v) is 12.6. The van der Waals surface area contributed by atoms with Gasteiger partial charge in [-0.1, -0.05) is 11.6 Å². The first kappa shape index (κ1) is 14.9. The molecule has 0 saturated heterocycles. The largest absolute Gasteiger partial charge is 0.489 e. The summed E-state index contributed by atoms with van der Waals surface area (Å²) in [6, 6.07) is 5.70. The van der Waals surface area contributed by atoms with E-state index >= 15 is 0 Å². The number of ether oxygens (including phenoxy) is 1. The lowest BCUT2D eigenvalue weighted by Gasteiger charge is -2.13. The maximum atomic E-state index is 6.03. The molecule has 0 spiro atoms. The van der Waals surface area contributed by atoms with Crippen LogP contribution in [0.25, 0.3) is 0 Å². The van der Waals surface area contributed by atoms with Crippen LogP contribution in [0.5, 0.6) is 5.75 Å². The summed E-state index contributed by atoms with van der Waals surface area (Å²) in [5, 5.41) is 4.93. The molecule has 0 saturated carbocycles. The van der Waals surface area contributed by atoms with Crippen LogP contribution in [0.3, 0.4) is 0 Å². The predicted octanol–water partition coefficient (Wildman–Crippen LogP) is 3.03. The lowest BCUT2D eigenvalue weighted by molar-refractivity contribution is 0.302. The highest BCUT2D eigenvalue weighted by atomic mass is 35.5. The second kappa shape index (κ2) is 6.77. The predicted molar refractivity (Wildman–Crippen MR) is 81.0 cm³/mol. The molecule has 1 atom stereocenters. The average molecular weight is 294 g/mol. The van der Waals surface area contributed by atoms with Crippen molar-refractivity contribution in [1.82, 2.24) is 9.78 Å². The summed E-state index contributed by atoms with van der Waals surface area (Å²) in [5.41, 5.74) is 7.95. The summed E-state index contributed by atoms with van der Waals surface area (Å²) in [4.78, 5) is 0. The molecular weight excluding hydrogens is 274 g/mol. The molecule has 0 fully saturated rings. The van der Waals surface area contributed by atoms with Gasteiger partial charge in [-0.15, -0.1) is 0 Å². The number of rotatable bonds is 6. The molecule has 2 rings (SSSR count). The molecule has 0 bridgehead atoms. The molecule has 4 nitrogen and oxygen atoms in total. The molecule has 0 aliphatic carbocycles. The molecule has 2 aromatic rings. The van der Waals surface area contributed by atoms with E-state index < -0.39 is 0 Å². The summed E-state index contributed by atoms with van der Waals surface area (Å²) in [6.45, 7) is 5.37. The van der Waals surface area contributed by atoms with Crippen LogP contribution in [0.15, 0.2) is 30.6 Å². The Morgan fingerprint density at radius 3 is 2.90 bits per heavy atom. The van der Waals surface area contributed by atoms with E-state index in [1.54, 1.807) is 0 Å². The molecule has 108 valence electrons. The van der Waals surface area contributed by atoms with Gasteiger partial charge in [-0.05, 0) is 44.0 Å². The number of hydrogen-bond donors (Lipinski definition) is 1. The van der Waals surface area contributed by atoms with Crippen LogP contribution in [0.2, 0.25) is 5.02 Å². The summed E-state index contributed by atoms with van der Waals surface area (Å²) in [5.74, 6) is 0.830. The number of nitrogens with two attached hydrogens (primary N) is 1. The van der Waals surface area contributed by atoms with E-state index in [-0.39, 0.29) is 6.04 Å². The van der Waals surface area contributed by atoms with Crippen molar-refractivity contribution in [1.29, 1.82) is 0 Å². The highest BCUT2D eigenvalue weighted by Gasteiger charge is 2.08. The van der Waals surface area contributed by atoms with Gasteiger partial charge in [0.15, 0.2) is 0 Å². The van der Waals surface area contributed by atoms with Gasteiger partial charge in [0, 0.05) is 29.4 Å². The van der Waals surface area contributed by atoms with Crippen LogP contribution in [-0.4, -0.2) is 15.8 Å². The van der Waals surface area contributed by atoms with Crippen molar-refractivity contribution in [3.63, 3.8) is 0 Å². The molecule has 1 unspecified atom stereocenters. The Balaban J connectivity index is 2.08. The molecule has 1 aromatic heterocycles. The number of aromatic nitrogens is 2. The molecule has 5 heteroatoms. The topological polar surface area (TPSA) is 53.1 Å². The third kappa shape index (κ3) is 3.99. The van der Waals surface area contributed by atoms with Crippen molar-refractivity contribution < 1.29 is 4.74 Å². The molecular formula is C15H20ClN3O. The van der Waals surface area contributed by atoms with Gasteiger partial charge >= 0.3 is 0 Å². The van der Waals surface area contributed by atoms with Crippen LogP contribution in [-0.2, 0) is 19.6 Å². The zero-order chi connectivity index (χ0) is 14.5. The van der Waals surface area contributed by atoms with Crippen LogP contribution >= 0.6 is 11.6 Å². The molecule has 0 aliphatic heterocycles. The molecule has 1 heterocycles. The molecule has 1 aromatic carbocycles. The van der Waals surface area contributed by atoms with E-state index in [0.29, 0.717) is 11.6 Å². The monoisotopic (exact) mass is 293 g/mol. The van der Waals surface area contributed by atoms with Crippen LogP contribution < -0.4 is 10.5 Å². The molecule has 20 heavy (non-hydrogen) atoms. The summed E-state index contributed by atoms with van der Waals surface area (Å²) >= 11 is 6.03. The van der Waals surface area contributed by atoms with Crippen LogP contribution in [0.1, 0.15) is 25.0 Å². The summed E-state index contributed by atoms with van der Waals surface area (Å²) in [7, 11) is 0. The lowest BCUT2D eigenvalue weighted by atomic mass is 10.1. The number of hydrogen-bond acceptors (Lipinski definition) is 3. The third-order valence-corrected chi connectivity index (χ3v) is 3.20. The van der Waals surface area contributed by atoms with E-state index in [9.17, 15) is 0 Å². The van der Waals surface area contributed by atoms with Gasteiger partial charge in [0.1, 0.15) is 12.4 Å². The highest BCUT2D eigenvalue weighted by Crippen LogP contribution is 2.25. The van der Waals surface area contributed by atoms with Gasteiger partial charge in [0.05, 0.1) is 6.20 Å². The fraction of sp³-hybridized carbons (Fsp3) is 0.400. The second-order valence-electron chi connectivity index (χ2n) is 4.93. The van der Waals surface area contributed by atoms with Crippen LogP contribution in [0.4, 0.5) is 0 Å². The number of halogens is 1. The van der Waals surface area contributed by atoms with Gasteiger partial charge in [-0.2, -0.15) is 5.10 Å². The average Bonchev–Trinajstić information content (AvgIpc) is 2.85. The van der Waals surface area contributed by atoms with E-state index in [4.69, 9.17) is 22.1 Å². The Labute approximate surface area is 124 Å². The smallest absolute Gasteiger partial charge is 0.123 e. The Morgan fingerprint density at radius 2 is 2.25 bits per heavy atom. The van der Waals surface area contributed by atoms with Crippen molar-refractivity contribution in [3.8, 4) is 5.75 Å². The normalized spacial score (nSPS) is 12.4. The highest BCUT2D eigenvalue weighted by molar-refractivity contribution is 6.30. The maximum absolute atomic E-state index is 6.03. The van der Waals surface area contributed by atoms with Gasteiger partial charge < -0.3 is 10.5 Å². The molecule has 2 N–H and O–H groups in total. The first-order valence-corrected chi connectivity index (χ1v) is 7.14. The Bertz CT molecular complexity index is 566. The van der Waals surface area contributed by atoms with Gasteiger partial charge in [0.25, 0.3) is 0 Å². The van der Waals surface area contributed by atoms with Crippen molar-refractivity contribution in [3.05, 3.63) is 46.7 Å². The first-order chi connectivity index (χ1) is 9.58. The Morgan fingerprint density at radius 1 is 1.45 bits per heavy atom. The Kier molecular flexibility index (Phi) is 5.04.